The van der Waals surface area contributed by atoms with Crippen LogP contribution >= 0.6 is 0 Å². The first-order valence-electron chi connectivity index (χ1n) is 10.0. The molecule has 2 N–H and O–H groups in total. The summed E-state index contributed by atoms with van der Waals surface area (Å²) in [5.74, 6) is 0.796. The minimum Gasteiger partial charge on any atom is -0.369 e. The van der Waals surface area contributed by atoms with Crippen LogP contribution in [0, 0.1) is 11.8 Å². The van der Waals surface area contributed by atoms with E-state index in [1.165, 1.54) is 0 Å². The van der Waals surface area contributed by atoms with Crippen molar-refractivity contribution in [3.63, 3.8) is 0 Å². The first-order chi connectivity index (χ1) is 13.4. The van der Waals surface area contributed by atoms with Crippen LogP contribution < -0.4 is 15.5 Å². The Hall–Kier alpha value is -2.63. The topological polar surface area (TPSA) is 74.3 Å². The van der Waals surface area contributed by atoms with Gasteiger partial charge in [0, 0.05) is 49.9 Å². The number of anilines is 1. The number of nitrogens with one attached hydrogen (secondary N) is 2. The molecule has 150 valence electrons. The zero-order chi connectivity index (χ0) is 20.3. The molecule has 0 radical (unpaired) electrons. The van der Waals surface area contributed by atoms with E-state index in [0.29, 0.717) is 29.3 Å². The van der Waals surface area contributed by atoms with Gasteiger partial charge in [0.05, 0.1) is 11.1 Å². The van der Waals surface area contributed by atoms with Crippen LogP contribution in [-0.2, 0) is 4.79 Å². The summed E-state index contributed by atoms with van der Waals surface area (Å²) in [7, 11) is 1.63. The Morgan fingerprint density at radius 3 is 2.75 bits per heavy atom. The number of aromatic nitrogens is 1. The molecule has 2 atom stereocenters. The van der Waals surface area contributed by atoms with Crippen LogP contribution in [0.3, 0.4) is 0 Å². The number of nitrogens with zero attached hydrogens (tertiary/aromatic N) is 2. The molecule has 1 aliphatic rings. The largest absolute Gasteiger partial charge is 0.369 e. The fraction of sp³-hybridized carbons (Fsp3) is 0.500. The number of hydrogen-bond acceptors (Lipinski definition) is 4. The first-order valence-corrected chi connectivity index (χ1v) is 10.0. The summed E-state index contributed by atoms with van der Waals surface area (Å²) in [6.45, 7) is 8.01. The third-order valence-electron chi connectivity index (χ3n) is 5.18. The zero-order valence-corrected chi connectivity index (χ0v) is 17.2. The van der Waals surface area contributed by atoms with Crippen LogP contribution in [0.15, 0.2) is 30.5 Å². The zero-order valence-electron chi connectivity index (χ0n) is 17.2. The van der Waals surface area contributed by atoms with Crippen molar-refractivity contribution in [3.05, 3.63) is 36.0 Å². The number of fused-ring (bicyclic) bond motifs is 1. The molecule has 6 heteroatoms. The lowest BCUT2D eigenvalue weighted by atomic mass is 9.94. The fourth-order valence-corrected chi connectivity index (χ4v) is 4.06. The normalized spacial score (nSPS) is 19.7. The molecule has 1 aliphatic heterocycles. The Labute approximate surface area is 166 Å². The van der Waals surface area contributed by atoms with Gasteiger partial charge in [0.2, 0.25) is 5.91 Å². The number of amides is 2. The van der Waals surface area contributed by atoms with E-state index in [4.69, 9.17) is 0 Å². The second kappa shape index (κ2) is 8.59. The van der Waals surface area contributed by atoms with Crippen molar-refractivity contribution < 1.29 is 9.59 Å². The number of rotatable bonds is 5. The number of benzene rings is 1. The number of hydrogen-bond donors (Lipinski definition) is 2. The van der Waals surface area contributed by atoms with E-state index in [0.717, 1.165) is 30.6 Å². The standard InChI is InChI=1S/C22H30N4O2/c1-14(2)10-20(27)25-16-11-15(3)12-26(13-16)19-8-7-18(22(28)23-4)21-17(19)6-5-9-24-21/h5-9,14-16H,10-13H2,1-4H3,(H,23,28)(H,25,27)/t15-,16+/m0/s1. The molecule has 2 amide bonds. The van der Waals surface area contributed by atoms with E-state index in [2.05, 4.69) is 41.3 Å². The smallest absolute Gasteiger partial charge is 0.253 e. The van der Waals surface area contributed by atoms with Gasteiger partial charge in [0.1, 0.15) is 0 Å². The highest BCUT2D eigenvalue weighted by atomic mass is 16.2. The van der Waals surface area contributed by atoms with E-state index in [9.17, 15) is 9.59 Å². The molecular formula is C22H30N4O2. The van der Waals surface area contributed by atoms with Crippen LogP contribution in [-0.4, -0.2) is 43.0 Å². The predicted octanol–water partition coefficient (Wildman–Crippen LogP) is 2.97. The molecule has 6 nitrogen and oxygen atoms in total. The SMILES string of the molecule is CNC(=O)c1ccc(N2C[C@@H](C)C[C@@H](NC(=O)CC(C)C)C2)c2cccnc12. The Morgan fingerprint density at radius 2 is 2.04 bits per heavy atom. The monoisotopic (exact) mass is 382 g/mol. The van der Waals surface area contributed by atoms with E-state index in [-0.39, 0.29) is 17.9 Å². The average molecular weight is 383 g/mol. The quantitative estimate of drug-likeness (QED) is 0.834. The van der Waals surface area contributed by atoms with E-state index < -0.39 is 0 Å². The van der Waals surface area contributed by atoms with Gasteiger partial charge in [-0.25, -0.2) is 0 Å². The van der Waals surface area contributed by atoms with Crippen molar-refractivity contribution >= 4 is 28.4 Å². The molecule has 3 rings (SSSR count). The minimum absolute atomic E-state index is 0.121. The maximum absolute atomic E-state index is 12.3. The minimum atomic E-state index is -0.138. The van der Waals surface area contributed by atoms with Crippen LogP contribution in [0.25, 0.3) is 10.9 Å². The molecule has 28 heavy (non-hydrogen) atoms. The van der Waals surface area contributed by atoms with E-state index in [1.807, 2.05) is 24.3 Å². The van der Waals surface area contributed by atoms with Crippen LogP contribution in [0.1, 0.15) is 44.0 Å². The van der Waals surface area contributed by atoms with Crippen LogP contribution in [0.5, 0.6) is 0 Å². The van der Waals surface area contributed by atoms with Crippen molar-refractivity contribution in [3.8, 4) is 0 Å². The van der Waals surface area contributed by atoms with Crippen molar-refractivity contribution in [2.45, 2.75) is 39.7 Å². The third kappa shape index (κ3) is 4.43. The molecule has 0 spiro atoms. The summed E-state index contributed by atoms with van der Waals surface area (Å²) in [5, 5.41) is 6.85. The van der Waals surface area contributed by atoms with Crippen molar-refractivity contribution in [2.75, 3.05) is 25.0 Å². The number of piperidine rings is 1. The number of pyridine rings is 1. The number of carbonyl (C=O) groups is 2. The maximum Gasteiger partial charge on any atom is 0.253 e. The highest BCUT2D eigenvalue weighted by Gasteiger charge is 2.27. The van der Waals surface area contributed by atoms with E-state index in [1.54, 1.807) is 13.2 Å². The van der Waals surface area contributed by atoms with Crippen molar-refractivity contribution in [2.24, 2.45) is 11.8 Å². The van der Waals surface area contributed by atoms with Crippen LogP contribution in [0.4, 0.5) is 5.69 Å². The molecule has 1 aromatic heterocycles. The molecule has 1 saturated heterocycles. The van der Waals surface area contributed by atoms with Gasteiger partial charge in [-0.05, 0) is 42.5 Å². The van der Waals surface area contributed by atoms with Gasteiger partial charge < -0.3 is 15.5 Å². The Bertz CT molecular complexity index is 865. The molecule has 0 bridgehead atoms. The second-order valence-corrected chi connectivity index (χ2v) is 8.22. The van der Waals surface area contributed by atoms with Gasteiger partial charge in [-0.3, -0.25) is 14.6 Å². The second-order valence-electron chi connectivity index (χ2n) is 8.22. The predicted molar refractivity (Wildman–Crippen MR) is 113 cm³/mol. The highest BCUT2D eigenvalue weighted by molar-refractivity contribution is 6.08. The lowest BCUT2D eigenvalue weighted by Crippen LogP contribution is -2.50. The van der Waals surface area contributed by atoms with E-state index >= 15 is 0 Å². The first kappa shape index (κ1) is 20.1. The molecule has 0 saturated carbocycles. The summed E-state index contributed by atoms with van der Waals surface area (Å²) in [4.78, 5) is 31.2. The molecule has 0 unspecified atom stereocenters. The Kier molecular flexibility index (Phi) is 6.17. The van der Waals surface area contributed by atoms with Gasteiger partial charge in [-0.1, -0.05) is 20.8 Å². The summed E-state index contributed by atoms with van der Waals surface area (Å²) in [6, 6.07) is 7.87. The molecular weight excluding hydrogens is 352 g/mol. The van der Waals surface area contributed by atoms with Gasteiger partial charge in [0.25, 0.3) is 5.91 Å². The number of carbonyl (C=O) groups excluding carboxylic acids is 2. The Balaban J connectivity index is 1.89. The summed E-state index contributed by atoms with van der Waals surface area (Å²) in [6.07, 6.45) is 3.25. The highest BCUT2D eigenvalue weighted by Crippen LogP contribution is 2.31. The third-order valence-corrected chi connectivity index (χ3v) is 5.18. The van der Waals surface area contributed by atoms with Gasteiger partial charge in [0.15, 0.2) is 0 Å². The average Bonchev–Trinajstić information content (AvgIpc) is 2.65. The molecule has 2 heterocycles. The van der Waals surface area contributed by atoms with Gasteiger partial charge in [-0.15, -0.1) is 0 Å². The Morgan fingerprint density at radius 1 is 1.25 bits per heavy atom. The van der Waals surface area contributed by atoms with Gasteiger partial charge in [-0.2, -0.15) is 0 Å². The maximum atomic E-state index is 12.3. The molecule has 1 fully saturated rings. The van der Waals surface area contributed by atoms with Crippen molar-refractivity contribution in [1.29, 1.82) is 0 Å². The molecule has 1 aromatic carbocycles. The van der Waals surface area contributed by atoms with Crippen molar-refractivity contribution in [1.82, 2.24) is 15.6 Å². The summed E-state index contributed by atoms with van der Waals surface area (Å²) < 4.78 is 0. The van der Waals surface area contributed by atoms with Crippen LogP contribution in [0.2, 0.25) is 0 Å². The van der Waals surface area contributed by atoms with Gasteiger partial charge >= 0.3 is 0 Å². The summed E-state index contributed by atoms with van der Waals surface area (Å²) in [5.41, 5.74) is 2.34. The molecule has 0 aliphatic carbocycles. The lowest BCUT2D eigenvalue weighted by Gasteiger charge is -2.39. The molecule has 2 aromatic rings. The fourth-order valence-electron chi connectivity index (χ4n) is 4.06. The summed E-state index contributed by atoms with van der Waals surface area (Å²) >= 11 is 0. The lowest BCUT2D eigenvalue weighted by molar-refractivity contribution is -0.122.